The first-order chi connectivity index (χ1) is 13.2. The molecule has 2 amide bonds. The van der Waals surface area contributed by atoms with Crippen molar-refractivity contribution in [3.8, 4) is 17.1 Å². The zero-order chi connectivity index (χ0) is 18.6. The first-order valence-electron chi connectivity index (χ1n) is 8.52. The number of nitrogens with one attached hydrogen (secondary N) is 1. The third-order valence-electron chi connectivity index (χ3n) is 4.26. The van der Waals surface area contributed by atoms with E-state index in [1.807, 2.05) is 36.4 Å². The number of oxazole rings is 1. The fraction of sp³-hybridized carbons (Fsp3) is 0.150. The summed E-state index contributed by atoms with van der Waals surface area (Å²) in [5.74, 6) is 0.995. The highest BCUT2D eigenvalue weighted by atomic mass is 16.5. The molecule has 3 aromatic rings. The summed E-state index contributed by atoms with van der Waals surface area (Å²) in [6.07, 6.45) is 3.19. The Labute approximate surface area is 155 Å². The number of amides is 2. The Morgan fingerprint density at radius 1 is 1.15 bits per heavy atom. The number of anilines is 2. The van der Waals surface area contributed by atoms with E-state index in [2.05, 4.69) is 10.3 Å². The fourth-order valence-electron chi connectivity index (χ4n) is 2.91. The number of carbonyl (C=O) groups excluding carboxylic acids is 2. The molecule has 1 aliphatic heterocycles. The van der Waals surface area contributed by atoms with Crippen LogP contribution < -0.4 is 15.0 Å². The summed E-state index contributed by atoms with van der Waals surface area (Å²) in [5.41, 5.74) is 2.25. The summed E-state index contributed by atoms with van der Waals surface area (Å²) < 4.78 is 10.6. The molecule has 0 fully saturated rings. The van der Waals surface area contributed by atoms with E-state index in [0.717, 1.165) is 5.56 Å². The minimum absolute atomic E-state index is 0.0122. The third-order valence-corrected chi connectivity index (χ3v) is 4.26. The van der Waals surface area contributed by atoms with Crippen LogP contribution in [0.3, 0.4) is 0 Å². The number of rotatable bonds is 5. The number of ether oxygens (including phenoxy) is 1. The van der Waals surface area contributed by atoms with Crippen molar-refractivity contribution in [2.45, 2.75) is 6.42 Å². The molecule has 4 rings (SSSR count). The van der Waals surface area contributed by atoms with Crippen molar-refractivity contribution in [2.24, 2.45) is 0 Å². The van der Waals surface area contributed by atoms with Gasteiger partial charge < -0.3 is 19.4 Å². The van der Waals surface area contributed by atoms with E-state index in [0.29, 0.717) is 29.4 Å². The average Bonchev–Trinajstić information content (AvgIpc) is 3.22. The molecule has 0 unspecified atom stereocenters. The van der Waals surface area contributed by atoms with Crippen molar-refractivity contribution in [1.29, 1.82) is 0 Å². The smallest absolute Gasteiger partial charge is 0.265 e. The predicted molar refractivity (Wildman–Crippen MR) is 99.5 cm³/mol. The molecular formula is C20H17N3O4. The van der Waals surface area contributed by atoms with Crippen LogP contribution in [-0.2, 0) is 9.59 Å². The van der Waals surface area contributed by atoms with Gasteiger partial charge in [0.05, 0.1) is 11.9 Å². The predicted octanol–water partition coefficient (Wildman–Crippen LogP) is 3.10. The van der Waals surface area contributed by atoms with E-state index in [9.17, 15) is 9.59 Å². The van der Waals surface area contributed by atoms with Crippen molar-refractivity contribution < 1.29 is 18.7 Å². The van der Waals surface area contributed by atoms with Gasteiger partial charge in [0.25, 0.3) is 5.91 Å². The van der Waals surface area contributed by atoms with Gasteiger partial charge in [-0.25, -0.2) is 4.98 Å². The monoisotopic (exact) mass is 363 g/mol. The van der Waals surface area contributed by atoms with Crippen molar-refractivity contribution in [1.82, 2.24) is 4.98 Å². The van der Waals surface area contributed by atoms with Gasteiger partial charge in [-0.2, -0.15) is 0 Å². The summed E-state index contributed by atoms with van der Waals surface area (Å²) in [4.78, 5) is 29.9. The van der Waals surface area contributed by atoms with Crippen molar-refractivity contribution in [3.05, 3.63) is 61.1 Å². The van der Waals surface area contributed by atoms with Crippen LogP contribution in [-0.4, -0.2) is 29.9 Å². The van der Waals surface area contributed by atoms with Gasteiger partial charge in [0.2, 0.25) is 5.91 Å². The highest BCUT2D eigenvalue weighted by Gasteiger charge is 2.25. The Morgan fingerprint density at radius 2 is 1.96 bits per heavy atom. The zero-order valence-corrected chi connectivity index (χ0v) is 14.4. The number of hydrogen-bond acceptors (Lipinski definition) is 5. The van der Waals surface area contributed by atoms with Crippen LogP contribution >= 0.6 is 0 Å². The number of benzene rings is 2. The lowest BCUT2D eigenvalue weighted by Gasteiger charge is -2.29. The van der Waals surface area contributed by atoms with E-state index in [-0.39, 0.29) is 24.8 Å². The summed E-state index contributed by atoms with van der Waals surface area (Å²) in [7, 11) is 0. The third kappa shape index (κ3) is 3.67. The molecule has 0 spiro atoms. The standard InChI is InChI=1S/C20H17N3O4/c24-19(22-15-7-5-14(6-8-15)18-11-21-13-27-18)9-10-23-16-3-1-2-4-17(16)26-12-20(23)25/h1-8,11,13H,9-10,12H2,(H,22,24). The lowest BCUT2D eigenvalue weighted by Crippen LogP contribution is -2.40. The average molecular weight is 363 g/mol. The molecule has 0 bridgehead atoms. The van der Waals surface area contributed by atoms with Gasteiger partial charge in [0, 0.05) is 24.2 Å². The molecule has 7 heteroatoms. The maximum atomic E-state index is 12.3. The Kier molecular flexibility index (Phi) is 4.57. The van der Waals surface area contributed by atoms with Crippen LogP contribution in [0.2, 0.25) is 0 Å². The topological polar surface area (TPSA) is 84.7 Å². The van der Waals surface area contributed by atoms with E-state index in [1.165, 1.54) is 6.39 Å². The second kappa shape index (κ2) is 7.33. The minimum Gasteiger partial charge on any atom is -0.482 e. The lowest BCUT2D eigenvalue weighted by atomic mass is 10.1. The molecule has 27 heavy (non-hydrogen) atoms. The van der Waals surface area contributed by atoms with E-state index < -0.39 is 0 Å². The van der Waals surface area contributed by atoms with Gasteiger partial charge in [0.15, 0.2) is 18.8 Å². The highest BCUT2D eigenvalue weighted by Crippen LogP contribution is 2.31. The number of carbonyl (C=O) groups is 2. The van der Waals surface area contributed by atoms with Gasteiger partial charge in [-0.1, -0.05) is 12.1 Å². The quantitative estimate of drug-likeness (QED) is 0.753. The second-order valence-electron chi connectivity index (χ2n) is 6.04. The van der Waals surface area contributed by atoms with Gasteiger partial charge >= 0.3 is 0 Å². The number of hydrogen-bond donors (Lipinski definition) is 1. The Morgan fingerprint density at radius 3 is 2.74 bits per heavy atom. The Balaban J connectivity index is 1.37. The lowest BCUT2D eigenvalue weighted by molar-refractivity contribution is -0.121. The first kappa shape index (κ1) is 16.8. The fourth-order valence-corrected chi connectivity index (χ4v) is 2.91. The summed E-state index contributed by atoms with van der Waals surface area (Å²) in [6.45, 7) is 0.281. The molecule has 1 N–H and O–H groups in total. The minimum atomic E-state index is -0.167. The Hall–Kier alpha value is -3.61. The van der Waals surface area contributed by atoms with E-state index in [1.54, 1.807) is 23.2 Å². The molecule has 1 aromatic heterocycles. The van der Waals surface area contributed by atoms with Crippen LogP contribution in [0.25, 0.3) is 11.3 Å². The molecule has 0 saturated carbocycles. The Bertz CT molecular complexity index is 952. The van der Waals surface area contributed by atoms with Gasteiger partial charge in [-0.05, 0) is 36.4 Å². The summed E-state index contributed by atoms with van der Waals surface area (Å²) in [5, 5.41) is 2.84. The van der Waals surface area contributed by atoms with Crippen LogP contribution in [0, 0.1) is 0 Å². The van der Waals surface area contributed by atoms with Gasteiger partial charge in [-0.15, -0.1) is 0 Å². The first-order valence-corrected chi connectivity index (χ1v) is 8.52. The van der Waals surface area contributed by atoms with Crippen LogP contribution in [0.4, 0.5) is 11.4 Å². The van der Waals surface area contributed by atoms with Gasteiger partial charge in [-0.3, -0.25) is 9.59 Å². The van der Waals surface area contributed by atoms with Crippen LogP contribution in [0.5, 0.6) is 5.75 Å². The van der Waals surface area contributed by atoms with Crippen molar-refractivity contribution >= 4 is 23.2 Å². The number of para-hydroxylation sites is 2. The second-order valence-corrected chi connectivity index (χ2v) is 6.04. The van der Waals surface area contributed by atoms with E-state index in [4.69, 9.17) is 9.15 Å². The van der Waals surface area contributed by atoms with E-state index >= 15 is 0 Å². The van der Waals surface area contributed by atoms with Crippen LogP contribution in [0.15, 0.2) is 65.5 Å². The maximum Gasteiger partial charge on any atom is 0.265 e. The molecule has 7 nitrogen and oxygen atoms in total. The normalized spacial score (nSPS) is 13.0. The highest BCUT2D eigenvalue weighted by molar-refractivity contribution is 5.99. The van der Waals surface area contributed by atoms with Crippen LogP contribution in [0.1, 0.15) is 6.42 Å². The SMILES string of the molecule is O=C(CCN1C(=O)COc2ccccc21)Nc1ccc(-c2cnco2)cc1. The molecule has 0 atom stereocenters. The molecule has 136 valence electrons. The molecule has 2 heterocycles. The largest absolute Gasteiger partial charge is 0.482 e. The molecule has 1 aliphatic rings. The van der Waals surface area contributed by atoms with Crippen molar-refractivity contribution in [3.63, 3.8) is 0 Å². The van der Waals surface area contributed by atoms with Crippen molar-refractivity contribution in [2.75, 3.05) is 23.4 Å². The molecule has 2 aromatic carbocycles. The molecular weight excluding hydrogens is 346 g/mol. The maximum absolute atomic E-state index is 12.3. The molecule has 0 radical (unpaired) electrons. The molecule has 0 saturated heterocycles. The zero-order valence-electron chi connectivity index (χ0n) is 14.4. The number of nitrogens with zero attached hydrogens (tertiary/aromatic N) is 2. The summed E-state index contributed by atoms with van der Waals surface area (Å²) >= 11 is 0. The number of fused-ring (bicyclic) bond motifs is 1. The number of aromatic nitrogens is 1. The summed E-state index contributed by atoms with van der Waals surface area (Å²) in [6, 6.07) is 14.6. The van der Waals surface area contributed by atoms with Gasteiger partial charge in [0.1, 0.15) is 5.75 Å². The molecule has 0 aliphatic carbocycles.